The highest BCUT2D eigenvalue weighted by atomic mass is 16.3. The van der Waals surface area contributed by atoms with Gasteiger partial charge in [-0.2, -0.15) is 0 Å². The number of para-hydroxylation sites is 1. The van der Waals surface area contributed by atoms with E-state index < -0.39 is 0 Å². The monoisotopic (exact) mass is 330 g/mol. The van der Waals surface area contributed by atoms with Gasteiger partial charge < -0.3 is 14.2 Å². The zero-order valence-corrected chi connectivity index (χ0v) is 13.7. The third-order valence-electron chi connectivity index (χ3n) is 3.96. The molecule has 1 aliphatic heterocycles. The van der Waals surface area contributed by atoms with E-state index >= 15 is 0 Å². The number of piperidine rings is 1. The third-order valence-corrected chi connectivity index (χ3v) is 3.96. The molecule has 124 valence electrons. The number of hydrogen-bond acceptors (Lipinski definition) is 4. The Balaban J connectivity index is 1.79. The first-order chi connectivity index (χ1) is 12.4. The third kappa shape index (κ3) is 3.70. The van der Waals surface area contributed by atoms with E-state index in [1.54, 1.807) is 12.5 Å². The van der Waals surface area contributed by atoms with E-state index in [4.69, 9.17) is 13.8 Å². The van der Waals surface area contributed by atoms with Gasteiger partial charge in [-0.15, -0.1) is 0 Å². The SMILES string of the molecule is C(=C1/CNC/C(=C\c2ccco2)C1=Nc1ccccc1)/c1ccco1. The van der Waals surface area contributed by atoms with E-state index in [-0.39, 0.29) is 0 Å². The van der Waals surface area contributed by atoms with Crippen molar-refractivity contribution in [3.8, 4) is 0 Å². The first-order valence-electron chi connectivity index (χ1n) is 8.22. The Labute approximate surface area is 146 Å². The Morgan fingerprint density at radius 1 is 0.760 bits per heavy atom. The molecule has 1 aromatic carbocycles. The molecule has 0 amide bonds. The van der Waals surface area contributed by atoms with E-state index in [9.17, 15) is 0 Å². The predicted molar refractivity (Wildman–Crippen MR) is 99.8 cm³/mol. The van der Waals surface area contributed by atoms with Gasteiger partial charge in [-0.3, -0.25) is 0 Å². The van der Waals surface area contributed by atoms with Crippen molar-refractivity contribution in [1.82, 2.24) is 5.32 Å². The Hall–Kier alpha value is -3.11. The maximum absolute atomic E-state index is 5.48. The lowest BCUT2D eigenvalue weighted by Crippen LogP contribution is -2.32. The highest BCUT2D eigenvalue weighted by molar-refractivity contribution is 6.18. The van der Waals surface area contributed by atoms with Crippen LogP contribution in [-0.2, 0) is 0 Å². The molecule has 0 atom stereocenters. The van der Waals surface area contributed by atoms with Crippen molar-refractivity contribution in [3.63, 3.8) is 0 Å². The highest BCUT2D eigenvalue weighted by Gasteiger charge is 2.19. The summed E-state index contributed by atoms with van der Waals surface area (Å²) in [4.78, 5) is 4.90. The molecule has 1 fully saturated rings. The highest BCUT2D eigenvalue weighted by Crippen LogP contribution is 2.23. The minimum absolute atomic E-state index is 0.738. The molecular formula is C21H18N2O2. The number of nitrogens with zero attached hydrogens (tertiary/aromatic N) is 1. The summed E-state index contributed by atoms with van der Waals surface area (Å²) in [6, 6.07) is 17.6. The van der Waals surface area contributed by atoms with Crippen molar-refractivity contribution >= 4 is 23.6 Å². The van der Waals surface area contributed by atoms with Crippen molar-refractivity contribution in [2.75, 3.05) is 13.1 Å². The predicted octanol–water partition coefficient (Wildman–Crippen LogP) is 4.72. The van der Waals surface area contributed by atoms with E-state index in [1.165, 1.54) is 0 Å². The van der Waals surface area contributed by atoms with Gasteiger partial charge in [-0.25, -0.2) is 4.99 Å². The van der Waals surface area contributed by atoms with Gasteiger partial charge >= 0.3 is 0 Å². The molecule has 4 nitrogen and oxygen atoms in total. The number of benzene rings is 1. The van der Waals surface area contributed by atoms with Crippen LogP contribution in [0.2, 0.25) is 0 Å². The minimum atomic E-state index is 0.738. The molecular weight excluding hydrogens is 312 g/mol. The lowest BCUT2D eigenvalue weighted by Gasteiger charge is -2.21. The van der Waals surface area contributed by atoms with Crippen LogP contribution in [0.25, 0.3) is 12.2 Å². The lowest BCUT2D eigenvalue weighted by molar-refractivity contribution is 0.556. The van der Waals surface area contributed by atoms with E-state index in [2.05, 4.69) is 5.32 Å². The second-order valence-electron chi connectivity index (χ2n) is 5.77. The van der Waals surface area contributed by atoms with Gasteiger partial charge in [0.15, 0.2) is 0 Å². The molecule has 0 spiro atoms. The summed E-state index contributed by atoms with van der Waals surface area (Å²) >= 11 is 0. The van der Waals surface area contributed by atoms with Crippen molar-refractivity contribution in [1.29, 1.82) is 0 Å². The van der Waals surface area contributed by atoms with Crippen LogP contribution in [-0.4, -0.2) is 18.8 Å². The van der Waals surface area contributed by atoms with Crippen molar-refractivity contribution in [2.45, 2.75) is 0 Å². The topological polar surface area (TPSA) is 50.7 Å². The molecule has 3 aromatic rings. The van der Waals surface area contributed by atoms with Crippen molar-refractivity contribution < 1.29 is 8.83 Å². The number of hydrogen-bond donors (Lipinski definition) is 1. The Morgan fingerprint density at radius 2 is 1.36 bits per heavy atom. The molecule has 0 saturated carbocycles. The molecule has 0 radical (unpaired) electrons. The van der Waals surface area contributed by atoms with E-state index in [1.807, 2.05) is 66.7 Å². The Bertz CT molecular complexity index is 848. The molecule has 1 aliphatic rings. The van der Waals surface area contributed by atoms with Crippen molar-refractivity contribution in [3.05, 3.63) is 89.8 Å². The quantitative estimate of drug-likeness (QED) is 0.756. The fourth-order valence-electron chi connectivity index (χ4n) is 2.81. The van der Waals surface area contributed by atoms with Crippen LogP contribution in [0.5, 0.6) is 0 Å². The minimum Gasteiger partial charge on any atom is -0.465 e. The number of rotatable bonds is 3. The summed E-state index contributed by atoms with van der Waals surface area (Å²) in [6.45, 7) is 1.48. The van der Waals surface area contributed by atoms with Gasteiger partial charge in [0, 0.05) is 13.1 Å². The molecule has 4 heteroatoms. The molecule has 0 aliphatic carbocycles. The zero-order valence-electron chi connectivity index (χ0n) is 13.7. The summed E-state index contributed by atoms with van der Waals surface area (Å²) in [7, 11) is 0. The molecule has 3 heterocycles. The van der Waals surface area contributed by atoms with Crippen LogP contribution < -0.4 is 5.32 Å². The number of nitrogens with one attached hydrogen (secondary N) is 1. The first kappa shape index (κ1) is 15.4. The van der Waals surface area contributed by atoms with Crippen LogP contribution >= 0.6 is 0 Å². The molecule has 25 heavy (non-hydrogen) atoms. The summed E-state index contributed by atoms with van der Waals surface area (Å²) in [5, 5.41) is 3.42. The van der Waals surface area contributed by atoms with Crippen LogP contribution in [0.1, 0.15) is 11.5 Å². The largest absolute Gasteiger partial charge is 0.465 e. The van der Waals surface area contributed by atoms with Gasteiger partial charge in [0.2, 0.25) is 0 Å². The number of furan rings is 2. The Kier molecular flexibility index (Phi) is 4.44. The molecule has 4 rings (SSSR count). The van der Waals surface area contributed by atoms with Crippen LogP contribution in [0.3, 0.4) is 0 Å². The van der Waals surface area contributed by atoms with Gasteiger partial charge in [-0.05, 0) is 59.7 Å². The molecule has 1 N–H and O–H groups in total. The van der Waals surface area contributed by atoms with Crippen LogP contribution in [0.4, 0.5) is 5.69 Å². The summed E-state index contributed by atoms with van der Waals surface area (Å²) < 4.78 is 11.0. The van der Waals surface area contributed by atoms with Gasteiger partial charge in [-0.1, -0.05) is 18.2 Å². The first-order valence-corrected chi connectivity index (χ1v) is 8.22. The zero-order chi connectivity index (χ0) is 16.9. The number of aliphatic imine (C=N–C) groups is 1. The van der Waals surface area contributed by atoms with Crippen LogP contribution in [0.15, 0.2) is 92.1 Å². The molecule has 0 bridgehead atoms. The second kappa shape index (κ2) is 7.20. The standard InChI is InChI=1S/C21H18N2O2/c1-2-6-18(7-3-1)23-21-16(12-19-8-4-10-24-19)14-22-15-17(21)13-20-9-5-11-25-20/h1-13,22H,14-15H2/b16-12+,17-13+. The van der Waals surface area contributed by atoms with E-state index in [0.29, 0.717) is 0 Å². The molecule has 2 aromatic heterocycles. The lowest BCUT2D eigenvalue weighted by atomic mass is 9.96. The summed E-state index contributed by atoms with van der Waals surface area (Å²) in [5.74, 6) is 1.63. The van der Waals surface area contributed by atoms with E-state index in [0.717, 1.165) is 47.2 Å². The average molecular weight is 330 g/mol. The second-order valence-corrected chi connectivity index (χ2v) is 5.77. The van der Waals surface area contributed by atoms with Crippen molar-refractivity contribution in [2.24, 2.45) is 4.99 Å². The average Bonchev–Trinajstić information content (AvgIpc) is 3.33. The van der Waals surface area contributed by atoms with Crippen LogP contribution in [0, 0.1) is 0 Å². The summed E-state index contributed by atoms with van der Waals surface area (Å²) in [6.07, 6.45) is 7.42. The maximum atomic E-state index is 5.48. The fourth-order valence-corrected chi connectivity index (χ4v) is 2.81. The van der Waals surface area contributed by atoms with Gasteiger partial charge in [0.05, 0.1) is 23.9 Å². The normalized spacial score (nSPS) is 18.0. The molecule has 1 saturated heterocycles. The molecule has 0 unspecified atom stereocenters. The Morgan fingerprint density at radius 3 is 1.88 bits per heavy atom. The van der Waals surface area contributed by atoms with Gasteiger partial charge in [0.25, 0.3) is 0 Å². The smallest absolute Gasteiger partial charge is 0.127 e. The fraction of sp³-hybridized carbons (Fsp3) is 0.0952. The maximum Gasteiger partial charge on any atom is 0.127 e. The summed E-state index contributed by atoms with van der Waals surface area (Å²) in [5.41, 5.74) is 4.05. The van der Waals surface area contributed by atoms with Gasteiger partial charge in [0.1, 0.15) is 11.5 Å².